The summed E-state index contributed by atoms with van der Waals surface area (Å²) >= 11 is 1.56. The highest BCUT2D eigenvalue weighted by Gasteiger charge is 2.26. The molecule has 1 aromatic rings. The summed E-state index contributed by atoms with van der Waals surface area (Å²) in [6.45, 7) is -1.55. The summed E-state index contributed by atoms with van der Waals surface area (Å²) in [4.78, 5) is 93.4. The first-order valence-electron chi connectivity index (χ1n) is 13.8. The summed E-state index contributed by atoms with van der Waals surface area (Å²) in [7, 11) is 0. The number of carbonyl (C=O) groups is 8. The average molecular weight is 721 g/mol. The van der Waals surface area contributed by atoms with Gasteiger partial charge >= 0.3 is 23.9 Å². The predicted octanol–water partition coefficient (Wildman–Crippen LogP) is -2.96. The van der Waals surface area contributed by atoms with Crippen molar-refractivity contribution in [2.45, 2.75) is 59.6 Å². The molecule has 0 heterocycles. The number of thioether (sulfide) groups is 2. The van der Waals surface area contributed by atoms with Crippen molar-refractivity contribution in [3.63, 3.8) is 0 Å². The van der Waals surface area contributed by atoms with Crippen LogP contribution in [0.15, 0.2) is 21.9 Å². The first kappa shape index (κ1) is 41.2. The molecule has 14 N–H and O–H groups in total. The molecule has 0 unspecified atom stereocenters. The second-order valence-corrected chi connectivity index (χ2v) is 12.0. The Morgan fingerprint density at radius 2 is 0.958 bits per heavy atom. The van der Waals surface area contributed by atoms with Gasteiger partial charge in [-0.1, -0.05) is 0 Å². The van der Waals surface area contributed by atoms with Gasteiger partial charge in [0.05, 0.1) is 9.79 Å². The van der Waals surface area contributed by atoms with Crippen molar-refractivity contribution < 1.29 is 69.0 Å². The maximum absolute atomic E-state index is 12.6. The zero-order valence-electron chi connectivity index (χ0n) is 25.0. The summed E-state index contributed by atoms with van der Waals surface area (Å²) in [5.41, 5.74) is 10.8. The second-order valence-electron chi connectivity index (χ2n) is 9.84. The number of carbonyl (C=O) groups excluding carboxylic acids is 4. The number of hydrogen-bond acceptors (Lipinski definition) is 14. The number of benzene rings is 1. The van der Waals surface area contributed by atoms with Crippen LogP contribution >= 0.6 is 23.5 Å². The predicted molar refractivity (Wildman–Crippen MR) is 166 cm³/mol. The number of nitrogens with two attached hydrogens (primary N) is 2. The summed E-state index contributed by atoms with van der Waals surface area (Å²) in [6.07, 6.45) is -1.25. The van der Waals surface area contributed by atoms with Crippen LogP contribution in [-0.2, 0) is 38.4 Å². The molecule has 0 radical (unpaired) electrons. The highest BCUT2D eigenvalue weighted by atomic mass is 32.2. The molecule has 22 heteroatoms. The van der Waals surface area contributed by atoms with Gasteiger partial charge in [-0.2, -0.15) is 0 Å². The molecule has 0 aliphatic rings. The normalized spacial score (nSPS) is 13.2. The molecule has 4 amide bonds. The summed E-state index contributed by atoms with van der Waals surface area (Å²) in [5, 5.41) is 65.5. The smallest absolute Gasteiger partial charge is 0.322 e. The Morgan fingerprint density at radius 3 is 1.25 bits per heavy atom. The van der Waals surface area contributed by atoms with E-state index in [9.17, 15) is 48.6 Å². The molecule has 0 aliphatic heterocycles. The van der Waals surface area contributed by atoms with Gasteiger partial charge in [-0.15, -0.1) is 23.5 Å². The highest BCUT2D eigenvalue weighted by Crippen LogP contribution is 2.39. The summed E-state index contributed by atoms with van der Waals surface area (Å²) in [5.74, 6) is -10.2. The fraction of sp³-hybridized carbons (Fsp3) is 0.462. The molecule has 48 heavy (non-hydrogen) atoms. The van der Waals surface area contributed by atoms with Crippen LogP contribution in [0.25, 0.3) is 0 Å². The van der Waals surface area contributed by atoms with Gasteiger partial charge in [0.1, 0.15) is 48.8 Å². The molecule has 0 bridgehead atoms. The van der Waals surface area contributed by atoms with Crippen LogP contribution in [0.4, 0.5) is 0 Å². The Balaban J connectivity index is 3.03. The van der Waals surface area contributed by atoms with E-state index in [1.165, 1.54) is 0 Å². The van der Waals surface area contributed by atoms with E-state index in [0.717, 1.165) is 35.7 Å². The number of nitrogens with one attached hydrogen (secondary N) is 4. The molecule has 1 aromatic carbocycles. The van der Waals surface area contributed by atoms with E-state index in [0.29, 0.717) is 0 Å². The minimum Gasteiger partial charge on any atom is -0.507 e. The number of rotatable bonds is 22. The fourth-order valence-corrected chi connectivity index (χ4v) is 5.37. The van der Waals surface area contributed by atoms with Gasteiger partial charge in [0.15, 0.2) is 0 Å². The van der Waals surface area contributed by atoms with Crippen LogP contribution in [0.2, 0.25) is 0 Å². The lowest BCUT2D eigenvalue weighted by Gasteiger charge is -2.19. The standard InChI is InChI=1S/C26H36N6O14S2/c27-11(25(43)44)1-3-19(35)31-13(23(41)29-7-21(37)38)9-47-17-5-16(34)18(6-15(17)33)48-10-14(24(42)30-8-22(39)40)32-20(36)4-2-12(28)26(45)46/h5-6,11-14,33-34H,1-4,7-10,27-28H2,(H,29,41)(H,30,42)(H,31,35)(H,32,36)(H,37,38)(H,39,40)(H,43,44)(H,45,46)/t11-,12-,13-,14-/m0/s1. The number of aliphatic carboxylic acids is 4. The monoisotopic (exact) mass is 720 g/mol. The average Bonchev–Trinajstić information content (AvgIpc) is 3.01. The lowest BCUT2D eigenvalue weighted by atomic mass is 10.1. The van der Waals surface area contributed by atoms with Crippen molar-refractivity contribution >= 4 is 71.0 Å². The van der Waals surface area contributed by atoms with Crippen LogP contribution in [0, 0.1) is 0 Å². The Kier molecular flexibility index (Phi) is 17.6. The molecule has 1 rings (SSSR count). The number of amides is 4. The lowest BCUT2D eigenvalue weighted by molar-refractivity contribution is -0.140. The number of carboxylic acids is 4. The fourth-order valence-electron chi connectivity index (χ4n) is 3.41. The number of aromatic hydroxyl groups is 2. The second kappa shape index (κ2) is 20.4. The maximum atomic E-state index is 12.6. The molecule has 0 spiro atoms. The van der Waals surface area contributed by atoms with Crippen molar-refractivity contribution in [1.82, 2.24) is 21.3 Å². The van der Waals surface area contributed by atoms with E-state index >= 15 is 0 Å². The van der Waals surface area contributed by atoms with E-state index in [1.807, 2.05) is 0 Å². The molecule has 266 valence electrons. The van der Waals surface area contributed by atoms with Crippen LogP contribution in [-0.4, -0.2) is 127 Å². The summed E-state index contributed by atoms with van der Waals surface area (Å²) in [6, 6.07) is -3.22. The highest BCUT2D eigenvalue weighted by molar-refractivity contribution is 8.00. The van der Waals surface area contributed by atoms with Crippen LogP contribution < -0.4 is 32.7 Å². The number of hydrogen-bond donors (Lipinski definition) is 12. The number of carboxylic acid groups (broad SMARTS) is 4. The Morgan fingerprint density at radius 1 is 0.625 bits per heavy atom. The third-order valence-corrected chi connectivity index (χ3v) is 8.26. The Hall–Kier alpha value is -4.80. The topological polar surface area (TPSA) is 358 Å². The van der Waals surface area contributed by atoms with Crippen LogP contribution in [0.1, 0.15) is 25.7 Å². The minimum absolute atomic E-state index is 0.00820. The van der Waals surface area contributed by atoms with Crippen molar-refractivity contribution in [1.29, 1.82) is 0 Å². The molecular formula is C26H36N6O14S2. The van der Waals surface area contributed by atoms with Gasteiger partial charge in [0.25, 0.3) is 0 Å². The molecule has 0 saturated carbocycles. The third kappa shape index (κ3) is 15.7. The third-order valence-electron chi connectivity index (χ3n) is 5.98. The van der Waals surface area contributed by atoms with E-state index in [4.69, 9.17) is 31.9 Å². The Bertz CT molecular complexity index is 1280. The molecule has 20 nitrogen and oxygen atoms in total. The van der Waals surface area contributed by atoms with E-state index < -0.39 is 96.3 Å². The molecular weight excluding hydrogens is 684 g/mol. The van der Waals surface area contributed by atoms with Gasteiger partial charge in [-0.25, -0.2) is 0 Å². The molecule has 0 aromatic heterocycles. The maximum Gasteiger partial charge on any atom is 0.322 e. The van der Waals surface area contributed by atoms with Crippen LogP contribution in [0.3, 0.4) is 0 Å². The van der Waals surface area contributed by atoms with Crippen molar-refractivity contribution in [2.75, 3.05) is 24.6 Å². The molecule has 4 atom stereocenters. The Labute approximate surface area is 280 Å². The molecule has 0 fully saturated rings. The zero-order valence-corrected chi connectivity index (χ0v) is 26.7. The number of phenols is 2. The van der Waals surface area contributed by atoms with Gasteiger partial charge in [0, 0.05) is 24.3 Å². The van der Waals surface area contributed by atoms with Gasteiger partial charge in [-0.05, 0) is 25.0 Å². The summed E-state index contributed by atoms with van der Waals surface area (Å²) < 4.78 is 0. The molecule has 0 saturated heterocycles. The zero-order chi connectivity index (χ0) is 36.6. The quantitative estimate of drug-likeness (QED) is 0.0420. The SMILES string of the molecule is N[C@@H](CCC(=O)N[C@@H](CSc1cc(O)c(SC[C@H](NC(=O)CC[C@H](N)C(=O)O)C(=O)NCC(=O)O)cc1O)C(=O)NCC(=O)O)C(=O)O. The number of phenolic OH excluding ortho intramolecular Hbond substituents is 2. The molecule has 0 aliphatic carbocycles. The van der Waals surface area contributed by atoms with Gasteiger partial charge in [0.2, 0.25) is 23.6 Å². The largest absolute Gasteiger partial charge is 0.507 e. The minimum atomic E-state index is -1.37. The van der Waals surface area contributed by atoms with E-state index in [-0.39, 0.29) is 47.0 Å². The van der Waals surface area contributed by atoms with Crippen molar-refractivity contribution in [3.05, 3.63) is 12.1 Å². The van der Waals surface area contributed by atoms with Gasteiger partial charge < -0.3 is 63.4 Å². The van der Waals surface area contributed by atoms with E-state index in [2.05, 4.69) is 21.3 Å². The first-order valence-corrected chi connectivity index (χ1v) is 15.7. The van der Waals surface area contributed by atoms with Crippen molar-refractivity contribution in [2.24, 2.45) is 11.5 Å². The van der Waals surface area contributed by atoms with Crippen LogP contribution in [0.5, 0.6) is 11.5 Å². The van der Waals surface area contributed by atoms with Crippen molar-refractivity contribution in [3.8, 4) is 11.5 Å². The van der Waals surface area contributed by atoms with Gasteiger partial charge in [-0.3, -0.25) is 38.4 Å². The lowest BCUT2D eigenvalue weighted by Crippen LogP contribution is -2.49. The first-order chi connectivity index (χ1) is 22.4. The van der Waals surface area contributed by atoms with E-state index in [1.54, 1.807) is 0 Å².